The van der Waals surface area contributed by atoms with Crippen LogP contribution in [0.1, 0.15) is 23.9 Å². The van der Waals surface area contributed by atoms with Crippen molar-refractivity contribution in [2.45, 2.75) is 39.8 Å². The first kappa shape index (κ1) is 16.0. The van der Waals surface area contributed by atoms with Crippen LogP contribution in [-0.4, -0.2) is 22.4 Å². The Kier molecular flexibility index (Phi) is 5.37. The van der Waals surface area contributed by atoms with E-state index in [1.807, 2.05) is 30.7 Å². The lowest BCUT2D eigenvalue weighted by atomic mass is 10.1. The molecule has 3 nitrogen and oxygen atoms in total. The Balaban J connectivity index is 1.83. The van der Waals surface area contributed by atoms with Gasteiger partial charge in [-0.2, -0.15) is 5.10 Å². The van der Waals surface area contributed by atoms with Gasteiger partial charge in [-0.1, -0.05) is 29.8 Å². The Morgan fingerprint density at radius 2 is 2.05 bits per heavy atom. The predicted molar refractivity (Wildman–Crippen MR) is 84.3 cm³/mol. The highest BCUT2D eigenvalue weighted by Crippen LogP contribution is 2.18. The van der Waals surface area contributed by atoms with Gasteiger partial charge < -0.3 is 5.32 Å². The molecule has 0 spiro atoms. The lowest BCUT2D eigenvalue weighted by molar-refractivity contribution is 0.481. The molecule has 1 aromatic carbocycles. The number of aryl methyl sites for hydroxylation is 1. The summed E-state index contributed by atoms with van der Waals surface area (Å²) < 4.78 is 15.5. The fourth-order valence-electron chi connectivity index (χ4n) is 2.38. The van der Waals surface area contributed by atoms with Crippen molar-refractivity contribution in [3.05, 3.63) is 52.1 Å². The van der Waals surface area contributed by atoms with Gasteiger partial charge >= 0.3 is 0 Å². The van der Waals surface area contributed by atoms with Crippen LogP contribution in [0.25, 0.3) is 0 Å². The maximum absolute atomic E-state index is 13.6. The highest BCUT2D eigenvalue weighted by molar-refractivity contribution is 6.31. The van der Waals surface area contributed by atoms with E-state index in [2.05, 4.69) is 17.3 Å². The molecule has 0 aliphatic rings. The Morgan fingerprint density at radius 3 is 2.67 bits per heavy atom. The van der Waals surface area contributed by atoms with Crippen LogP contribution >= 0.6 is 11.6 Å². The van der Waals surface area contributed by atoms with Crippen molar-refractivity contribution in [2.75, 3.05) is 6.54 Å². The van der Waals surface area contributed by atoms with Crippen LogP contribution in [0.5, 0.6) is 0 Å². The number of nitrogens with zero attached hydrogens (tertiary/aromatic N) is 2. The van der Waals surface area contributed by atoms with E-state index in [4.69, 9.17) is 11.6 Å². The third kappa shape index (κ3) is 4.05. The summed E-state index contributed by atoms with van der Waals surface area (Å²) in [4.78, 5) is 0. The Bertz CT molecular complexity index is 610. The average molecular weight is 310 g/mol. The molecule has 5 heteroatoms. The molecule has 2 rings (SSSR count). The Morgan fingerprint density at radius 1 is 1.33 bits per heavy atom. The molecule has 0 bridgehead atoms. The van der Waals surface area contributed by atoms with Crippen LogP contribution in [-0.2, 0) is 13.0 Å². The minimum Gasteiger partial charge on any atom is -0.312 e. The van der Waals surface area contributed by atoms with Crippen molar-refractivity contribution in [1.29, 1.82) is 0 Å². The van der Waals surface area contributed by atoms with Crippen LogP contribution in [0.15, 0.2) is 24.3 Å². The molecule has 1 unspecified atom stereocenters. The molecular weight excluding hydrogens is 289 g/mol. The van der Waals surface area contributed by atoms with Gasteiger partial charge in [-0.25, -0.2) is 4.39 Å². The molecule has 1 atom stereocenters. The number of nitrogens with one attached hydrogen (secondary N) is 1. The highest BCUT2D eigenvalue weighted by atomic mass is 35.5. The second-order valence-corrected chi connectivity index (χ2v) is 5.74. The SMILES string of the molecule is Cc1nn(CCNC(C)Cc2ccccc2F)c(C)c1Cl. The van der Waals surface area contributed by atoms with Gasteiger partial charge in [0.1, 0.15) is 5.82 Å². The van der Waals surface area contributed by atoms with Crippen LogP contribution in [0.3, 0.4) is 0 Å². The molecule has 1 heterocycles. The van der Waals surface area contributed by atoms with E-state index in [0.717, 1.165) is 35.1 Å². The molecule has 21 heavy (non-hydrogen) atoms. The van der Waals surface area contributed by atoms with Crippen LogP contribution in [0.2, 0.25) is 5.02 Å². The zero-order chi connectivity index (χ0) is 15.4. The zero-order valence-corrected chi connectivity index (χ0v) is 13.4. The third-order valence-electron chi connectivity index (χ3n) is 3.59. The molecule has 0 aliphatic carbocycles. The molecule has 0 amide bonds. The average Bonchev–Trinajstić information content (AvgIpc) is 2.69. The minimum absolute atomic E-state index is 0.142. The molecule has 0 saturated heterocycles. The number of hydrogen-bond donors (Lipinski definition) is 1. The van der Waals surface area contributed by atoms with E-state index in [1.165, 1.54) is 6.07 Å². The van der Waals surface area contributed by atoms with Crippen LogP contribution < -0.4 is 5.32 Å². The summed E-state index contributed by atoms with van der Waals surface area (Å²) in [5, 5.41) is 8.51. The van der Waals surface area contributed by atoms with Crippen molar-refractivity contribution < 1.29 is 4.39 Å². The molecular formula is C16H21ClFN3. The summed E-state index contributed by atoms with van der Waals surface area (Å²) in [6, 6.07) is 7.11. The van der Waals surface area contributed by atoms with Gasteiger partial charge in [-0.3, -0.25) is 4.68 Å². The molecule has 0 radical (unpaired) electrons. The minimum atomic E-state index is -0.142. The molecule has 0 fully saturated rings. The van der Waals surface area contributed by atoms with E-state index in [1.54, 1.807) is 6.07 Å². The topological polar surface area (TPSA) is 29.9 Å². The maximum Gasteiger partial charge on any atom is 0.126 e. The number of hydrogen-bond acceptors (Lipinski definition) is 2. The van der Waals surface area contributed by atoms with Gasteiger partial charge in [0.25, 0.3) is 0 Å². The van der Waals surface area contributed by atoms with E-state index in [9.17, 15) is 4.39 Å². The van der Waals surface area contributed by atoms with Gasteiger partial charge in [0.2, 0.25) is 0 Å². The molecule has 114 valence electrons. The predicted octanol–water partition coefficient (Wildman–Crippen LogP) is 3.51. The fourth-order valence-corrected chi connectivity index (χ4v) is 2.51. The number of aromatic nitrogens is 2. The standard InChI is InChI=1S/C16H21ClFN3/c1-11(10-14-6-4-5-7-15(14)18)19-8-9-21-13(3)16(17)12(2)20-21/h4-7,11,19H,8-10H2,1-3H3. The maximum atomic E-state index is 13.6. The Hall–Kier alpha value is -1.39. The number of benzene rings is 1. The molecule has 0 saturated carbocycles. The van der Waals surface area contributed by atoms with Crippen LogP contribution in [0.4, 0.5) is 4.39 Å². The summed E-state index contributed by atoms with van der Waals surface area (Å²) in [6.07, 6.45) is 0.671. The third-order valence-corrected chi connectivity index (χ3v) is 4.14. The van der Waals surface area contributed by atoms with E-state index in [0.29, 0.717) is 6.42 Å². The second kappa shape index (κ2) is 7.05. The van der Waals surface area contributed by atoms with Gasteiger partial charge in [-0.05, 0) is 38.8 Å². The lowest BCUT2D eigenvalue weighted by Crippen LogP contribution is -2.31. The van der Waals surface area contributed by atoms with Crippen molar-refractivity contribution >= 4 is 11.6 Å². The molecule has 2 aromatic rings. The smallest absolute Gasteiger partial charge is 0.126 e. The van der Waals surface area contributed by atoms with Crippen molar-refractivity contribution in [2.24, 2.45) is 0 Å². The molecule has 1 aromatic heterocycles. The number of rotatable bonds is 6. The summed E-state index contributed by atoms with van der Waals surface area (Å²) in [5.41, 5.74) is 2.58. The Labute approximate surface area is 130 Å². The fraction of sp³-hybridized carbons (Fsp3) is 0.438. The van der Waals surface area contributed by atoms with E-state index >= 15 is 0 Å². The van der Waals surface area contributed by atoms with E-state index in [-0.39, 0.29) is 11.9 Å². The zero-order valence-electron chi connectivity index (χ0n) is 12.7. The molecule has 1 N–H and O–H groups in total. The summed E-state index contributed by atoms with van der Waals surface area (Å²) in [7, 11) is 0. The highest BCUT2D eigenvalue weighted by Gasteiger charge is 2.10. The van der Waals surface area contributed by atoms with Crippen molar-refractivity contribution in [1.82, 2.24) is 15.1 Å². The summed E-state index contributed by atoms with van der Waals surface area (Å²) in [6.45, 7) is 7.45. The first-order valence-corrected chi connectivity index (χ1v) is 7.53. The van der Waals surface area contributed by atoms with Crippen molar-refractivity contribution in [3.8, 4) is 0 Å². The quantitative estimate of drug-likeness (QED) is 0.885. The summed E-state index contributed by atoms with van der Waals surface area (Å²) >= 11 is 6.12. The lowest BCUT2D eigenvalue weighted by Gasteiger charge is -2.14. The molecule has 0 aliphatic heterocycles. The van der Waals surface area contributed by atoms with Gasteiger partial charge in [0.05, 0.1) is 23.0 Å². The van der Waals surface area contributed by atoms with Gasteiger partial charge in [-0.15, -0.1) is 0 Å². The summed E-state index contributed by atoms with van der Waals surface area (Å²) in [5.74, 6) is -0.142. The number of halogens is 2. The largest absolute Gasteiger partial charge is 0.312 e. The monoisotopic (exact) mass is 309 g/mol. The van der Waals surface area contributed by atoms with Gasteiger partial charge in [0.15, 0.2) is 0 Å². The first-order chi connectivity index (χ1) is 9.99. The van der Waals surface area contributed by atoms with Crippen molar-refractivity contribution in [3.63, 3.8) is 0 Å². The van der Waals surface area contributed by atoms with Crippen LogP contribution in [0, 0.1) is 19.7 Å². The van der Waals surface area contributed by atoms with Gasteiger partial charge in [0, 0.05) is 12.6 Å². The van der Waals surface area contributed by atoms with E-state index < -0.39 is 0 Å². The normalized spacial score (nSPS) is 12.6. The first-order valence-electron chi connectivity index (χ1n) is 7.15. The second-order valence-electron chi connectivity index (χ2n) is 5.36.